The molecule has 2 fully saturated rings. The Hall–Kier alpha value is -1.35. The van der Waals surface area contributed by atoms with Crippen molar-refractivity contribution < 1.29 is 4.79 Å². The maximum absolute atomic E-state index is 12.2. The molecule has 102 valence electrons. The summed E-state index contributed by atoms with van der Waals surface area (Å²) in [6.45, 7) is 2.20. The number of nitrogens with one attached hydrogen (secondary N) is 1. The molecule has 1 atom stereocenters. The molecule has 1 N–H and O–H groups in total. The summed E-state index contributed by atoms with van der Waals surface area (Å²) in [5, 5.41) is 3.44. The molecular weight excluding hydrogens is 236 g/mol. The highest BCUT2D eigenvalue weighted by Crippen LogP contribution is 2.27. The molecule has 19 heavy (non-hydrogen) atoms. The van der Waals surface area contributed by atoms with Gasteiger partial charge >= 0.3 is 0 Å². The van der Waals surface area contributed by atoms with E-state index in [9.17, 15) is 4.79 Å². The number of hydrogen-bond acceptors (Lipinski definition) is 2. The number of carbonyl (C=O) groups excluding carboxylic acids is 1. The zero-order chi connectivity index (χ0) is 13.2. The van der Waals surface area contributed by atoms with E-state index in [1.807, 2.05) is 24.1 Å². The lowest BCUT2D eigenvalue weighted by Gasteiger charge is -2.23. The number of piperidine rings is 1. The van der Waals surface area contributed by atoms with Crippen molar-refractivity contribution in [2.24, 2.45) is 0 Å². The monoisotopic (exact) mass is 258 g/mol. The molecule has 1 aromatic carbocycles. The average Bonchev–Trinajstić information content (AvgIpc) is 3.31. The van der Waals surface area contributed by atoms with E-state index in [0.29, 0.717) is 12.0 Å². The summed E-state index contributed by atoms with van der Waals surface area (Å²) in [6, 6.07) is 8.72. The van der Waals surface area contributed by atoms with Crippen LogP contribution >= 0.6 is 0 Å². The molecule has 1 unspecified atom stereocenters. The lowest BCUT2D eigenvalue weighted by Crippen LogP contribution is -2.29. The predicted octanol–water partition coefficient (Wildman–Crippen LogP) is 2.39. The predicted molar refractivity (Wildman–Crippen MR) is 76.4 cm³/mol. The number of rotatable bonds is 3. The minimum Gasteiger partial charge on any atom is -0.339 e. The average molecular weight is 258 g/mol. The van der Waals surface area contributed by atoms with Gasteiger partial charge in [-0.25, -0.2) is 0 Å². The van der Waals surface area contributed by atoms with Crippen LogP contribution in [0.1, 0.15) is 47.5 Å². The third-order valence-corrected chi connectivity index (χ3v) is 4.34. The molecule has 3 heteroatoms. The fourth-order valence-electron chi connectivity index (χ4n) is 2.87. The van der Waals surface area contributed by atoms with Gasteiger partial charge in [0.15, 0.2) is 0 Å². The van der Waals surface area contributed by atoms with Gasteiger partial charge in [-0.2, -0.15) is 0 Å². The van der Waals surface area contributed by atoms with Crippen molar-refractivity contribution in [2.75, 3.05) is 20.1 Å². The van der Waals surface area contributed by atoms with Crippen LogP contribution in [-0.2, 0) is 0 Å². The fourth-order valence-corrected chi connectivity index (χ4v) is 2.87. The van der Waals surface area contributed by atoms with E-state index >= 15 is 0 Å². The van der Waals surface area contributed by atoms with Gasteiger partial charge in [0.05, 0.1) is 0 Å². The van der Waals surface area contributed by atoms with Crippen LogP contribution in [-0.4, -0.2) is 37.0 Å². The Morgan fingerprint density at radius 2 is 1.95 bits per heavy atom. The van der Waals surface area contributed by atoms with E-state index in [0.717, 1.165) is 31.5 Å². The molecule has 1 saturated carbocycles. The summed E-state index contributed by atoms with van der Waals surface area (Å²) in [5.74, 6) is 0.773. The topological polar surface area (TPSA) is 32.3 Å². The van der Waals surface area contributed by atoms with Gasteiger partial charge in [-0.1, -0.05) is 12.1 Å². The molecule has 1 aromatic rings. The summed E-state index contributed by atoms with van der Waals surface area (Å²) in [6.07, 6.45) is 4.82. The second-order valence-electron chi connectivity index (χ2n) is 5.81. The van der Waals surface area contributed by atoms with Gasteiger partial charge in [-0.3, -0.25) is 4.79 Å². The molecule has 0 radical (unpaired) electrons. The maximum atomic E-state index is 12.2. The van der Waals surface area contributed by atoms with Crippen LogP contribution in [0.2, 0.25) is 0 Å². The Bertz CT molecular complexity index is 444. The highest BCUT2D eigenvalue weighted by molar-refractivity contribution is 5.94. The van der Waals surface area contributed by atoms with Crippen molar-refractivity contribution in [2.45, 2.75) is 37.6 Å². The van der Waals surface area contributed by atoms with Crippen LogP contribution in [0.15, 0.2) is 24.3 Å². The molecule has 1 aliphatic heterocycles. The van der Waals surface area contributed by atoms with Gasteiger partial charge in [0.2, 0.25) is 0 Å². The number of carbonyl (C=O) groups is 1. The van der Waals surface area contributed by atoms with Crippen molar-refractivity contribution in [3.05, 3.63) is 35.4 Å². The summed E-state index contributed by atoms with van der Waals surface area (Å²) >= 11 is 0. The largest absolute Gasteiger partial charge is 0.339 e. The van der Waals surface area contributed by atoms with Gasteiger partial charge < -0.3 is 10.2 Å². The molecule has 1 amide bonds. The Morgan fingerprint density at radius 1 is 1.21 bits per heavy atom. The Balaban J connectivity index is 1.69. The quantitative estimate of drug-likeness (QED) is 0.903. The molecule has 1 aliphatic carbocycles. The van der Waals surface area contributed by atoms with Crippen LogP contribution in [0.4, 0.5) is 0 Å². The summed E-state index contributed by atoms with van der Waals surface area (Å²) in [4.78, 5) is 14.1. The van der Waals surface area contributed by atoms with Gasteiger partial charge in [0, 0.05) is 25.2 Å². The standard InChI is InChI=1S/C16H22N2O/c1-18(15-8-9-15)16(19)13-6-4-12(5-7-13)14-3-2-10-17-11-14/h4-7,14-15,17H,2-3,8-11H2,1H3. The molecule has 0 spiro atoms. The van der Waals surface area contributed by atoms with Gasteiger partial charge in [0.1, 0.15) is 0 Å². The van der Waals surface area contributed by atoms with E-state index in [4.69, 9.17) is 0 Å². The first-order valence-corrected chi connectivity index (χ1v) is 7.33. The molecule has 3 nitrogen and oxygen atoms in total. The molecule has 1 heterocycles. The minimum atomic E-state index is 0.163. The molecule has 0 aromatic heterocycles. The zero-order valence-corrected chi connectivity index (χ0v) is 11.6. The first-order valence-electron chi connectivity index (χ1n) is 7.33. The Labute approximate surface area is 115 Å². The Kier molecular flexibility index (Phi) is 3.56. The van der Waals surface area contributed by atoms with E-state index in [1.54, 1.807) is 0 Å². The third kappa shape index (κ3) is 2.81. The van der Waals surface area contributed by atoms with E-state index < -0.39 is 0 Å². The lowest BCUT2D eigenvalue weighted by molar-refractivity contribution is 0.0785. The smallest absolute Gasteiger partial charge is 0.253 e. The Morgan fingerprint density at radius 3 is 2.53 bits per heavy atom. The zero-order valence-electron chi connectivity index (χ0n) is 11.6. The SMILES string of the molecule is CN(C(=O)c1ccc(C2CCCNC2)cc1)C1CC1. The number of nitrogens with zero attached hydrogens (tertiary/aromatic N) is 1. The second kappa shape index (κ2) is 5.33. The van der Waals surface area contributed by atoms with Crippen molar-refractivity contribution in [3.63, 3.8) is 0 Å². The van der Waals surface area contributed by atoms with Crippen LogP contribution < -0.4 is 5.32 Å². The van der Waals surface area contributed by atoms with Gasteiger partial charge in [-0.15, -0.1) is 0 Å². The van der Waals surface area contributed by atoms with E-state index in [2.05, 4.69) is 17.4 Å². The van der Waals surface area contributed by atoms with Crippen LogP contribution in [0, 0.1) is 0 Å². The molecule has 0 bridgehead atoms. The van der Waals surface area contributed by atoms with E-state index in [1.165, 1.54) is 18.4 Å². The van der Waals surface area contributed by atoms with Gasteiger partial charge in [0.25, 0.3) is 5.91 Å². The summed E-state index contributed by atoms with van der Waals surface area (Å²) < 4.78 is 0. The molecule has 2 aliphatic rings. The van der Waals surface area contributed by atoms with Gasteiger partial charge in [-0.05, 0) is 55.8 Å². The van der Waals surface area contributed by atoms with Crippen molar-refractivity contribution in [1.82, 2.24) is 10.2 Å². The molecular formula is C16H22N2O. The highest BCUT2D eigenvalue weighted by atomic mass is 16.2. The minimum absolute atomic E-state index is 0.163. The number of amides is 1. The second-order valence-corrected chi connectivity index (χ2v) is 5.81. The maximum Gasteiger partial charge on any atom is 0.253 e. The number of benzene rings is 1. The van der Waals surface area contributed by atoms with Crippen molar-refractivity contribution >= 4 is 5.91 Å². The van der Waals surface area contributed by atoms with E-state index in [-0.39, 0.29) is 5.91 Å². The fraction of sp³-hybridized carbons (Fsp3) is 0.562. The summed E-state index contributed by atoms with van der Waals surface area (Å²) in [7, 11) is 1.92. The number of hydrogen-bond donors (Lipinski definition) is 1. The lowest BCUT2D eigenvalue weighted by atomic mass is 9.91. The van der Waals surface area contributed by atoms with Crippen molar-refractivity contribution in [1.29, 1.82) is 0 Å². The molecule has 1 saturated heterocycles. The van der Waals surface area contributed by atoms with Crippen molar-refractivity contribution in [3.8, 4) is 0 Å². The normalized spacial score (nSPS) is 23.1. The van der Waals surface area contributed by atoms with Crippen LogP contribution in [0.3, 0.4) is 0 Å². The first kappa shape index (κ1) is 12.7. The third-order valence-electron chi connectivity index (χ3n) is 4.34. The first-order chi connectivity index (χ1) is 9.25. The molecule has 3 rings (SSSR count). The van der Waals surface area contributed by atoms with Crippen LogP contribution in [0.25, 0.3) is 0 Å². The highest BCUT2D eigenvalue weighted by Gasteiger charge is 2.30. The van der Waals surface area contributed by atoms with Crippen LogP contribution in [0.5, 0.6) is 0 Å². The summed E-state index contributed by atoms with van der Waals surface area (Å²) in [5.41, 5.74) is 2.18.